The van der Waals surface area contributed by atoms with Gasteiger partial charge in [0.25, 0.3) is 0 Å². The Kier molecular flexibility index (Phi) is 4.18. The number of ether oxygens (including phenoxy) is 2. The summed E-state index contributed by atoms with van der Waals surface area (Å²) in [5.74, 6) is 1.49. The zero-order chi connectivity index (χ0) is 16.6. The van der Waals surface area contributed by atoms with Crippen molar-refractivity contribution >= 4 is 17.2 Å². The lowest BCUT2D eigenvalue weighted by molar-refractivity contribution is 0.404. The van der Waals surface area contributed by atoms with E-state index in [9.17, 15) is 0 Å². The minimum Gasteiger partial charge on any atom is -0.497 e. The number of nitrogens with zero attached hydrogens (tertiary/aromatic N) is 2. The largest absolute Gasteiger partial charge is 0.497 e. The third kappa shape index (κ3) is 2.75. The van der Waals surface area contributed by atoms with Crippen LogP contribution in [-0.4, -0.2) is 23.6 Å². The lowest BCUT2D eigenvalue weighted by atomic mass is 10.1. The molecule has 2 heterocycles. The number of halogens is 1. The van der Waals surface area contributed by atoms with Crippen molar-refractivity contribution in [1.82, 2.24) is 9.38 Å². The second-order valence-corrected chi connectivity index (χ2v) is 6.11. The fourth-order valence-corrected chi connectivity index (χ4v) is 2.95. The van der Waals surface area contributed by atoms with Gasteiger partial charge in [-0.15, -0.1) is 11.6 Å². The van der Waals surface area contributed by atoms with Gasteiger partial charge in [-0.25, -0.2) is 4.98 Å². The highest BCUT2D eigenvalue weighted by atomic mass is 35.5. The number of imidazole rings is 1. The van der Waals surface area contributed by atoms with Crippen molar-refractivity contribution in [2.75, 3.05) is 14.2 Å². The van der Waals surface area contributed by atoms with Gasteiger partial charge in [0.05, 0.1) is 31.0 Å². The summed E-state index contributed by atoms with van der Waals surface area (Å²) in [5.41, 5.74) is 4.64. The molecule has 0 aliphatic carbocycles. The summed E-state index contributed by atoms with van der Waals surface area (Å²) in [4.78, 5) is 4.79. The van der Waals surface area contributed by atoms with Gasteiger partial charge >= 0.3 is 0 Å². The van der Waals surface area contributed by atoms with Crippen molar-refractivity contribution in [3.8, 4) is 22.8 Å². The van der Waals surface area contributed by atoms with Crippen LogP contribution in [0, 0.1) is 6.92 Å². The lowest BCUT2D eigenvalue weighted by Gasteiger charge is -2.12. The number of rotatable bonds is 4. The second kappa shape index (κ2) is 6.13. The monoisotopic (exact) mass is 330 g/mol. The first kappa shape index (κ1) is 15.7. The van der Waals surface area contributed by atoms with Gasteiger partial charge in [0.1, 0.15) is 17.1 Å². The molecule has 0 saturated carbocycles. The highest BCUT2D eigenvalue weighted by Crippen LogP contribution is 2.38. The Morgan fingerprint density at radius 3 is 2.57 bits per heavy atom. The number of alkyl halides is 1. The molecule has 0 aliphatic heterocycles. The average Bonchev–Trinajstić information content (AvgIpc) is 2.92. The van der Waals surface area contributed by atoms with E-state index in [0.29, 0.717) is 0 Å². The fraction of sp³-hybridized carbons (Fsp3) is 0.278. The summed E-state index contributed by atoms with van der Waals surface area (Å²) in [6.45, 7) is 3.99. The number of aryl methyl sites for hydroxylation is 1. The maximum absolute atomic E-state index is 6.45. The van der Waals surface area contributed by atoms with Crippen molar-refractivity contribution < 1.29 is 9.47 Å². The predicted molar refractivity (Wildman–Crippen MR) is 92.7 cm³/mol. The van der Waals surface area contributed by atoms with Crippen molar-refractivity contribution in [1.29, 1.82) is 0 Å². The van der Waals surface area contributed by atoms with Gasteiger partial charge in [-0.2, -0.15) is 0 Å². The summed E-state index contributed by atoms with van der Waals surface area (Å²) in [6.07, 6.45) is 2.00. The molecule has 23 heavy (non-hydrogen) atoms. The lowest BCUT2D eigenvalue weighted by Crippen LogP contribution is -1.97. The van der Waals surface area contributed by atoms with Crippen LogP contribution in [0.3, 0.4) is 0 Å². The zero-order valence-electron chi connectivity index (χ0n) is 13.6. The van der Waals surface area contributed by atoms with E-state index in [4.69, 9.17) is 26.1 Å². The molecule has 2 aromatic heterocycles. The molecule has 5 heteroatoms. The molecule has 120 valence electrons. The topological polar surface area (TPSA) is 35.8 Å². The summed E-state index contributed by atoms with van der Waals surface area (Å²) >= 11 is 6.45. The van der Waals surface area contributed by atoms with Crippen LogP contribution in [0.1, 0.15) is 23.6 Å². The van der Waals surface area contributed by atoms with Crippen LogP contribution in [0.2, 0.25) is 0 Å². The summed E-state index contributed by atoms with van der Waals surface area (Å²) < 4.78 is 12.9. The van der Waals surface area contributed by atoms with Gasteiger partial charge in [-0.3, -0.25) is 0 Å². The van der Waals surface area contributed by atoms with Crippen LogP contribution >= 0.6 is 11.6 Å². The minimum atomic E-state index is -0.196. The molecule has 1 unspecified atom stereocenters. The van der Waals surface area contributed by atoms with E-state index in [-0.39, 0.29) is 5.38 Å². The first-order chi connectivity index (χ1) is 11.0. The van der Waals surface area contributed by atoms with Crippen LogP contribution in [0.4, 0.5) is 0 Å². The zero-order valence-corrected chi connectivity index (χ0v) is 14.4. The Morgan fingerprint density at radius 1 is 1.13 bits per heavy atom. The van der Waals surface area contributed by atoms with E-state index in [2.05, 4.69) is 0 Å². The van der Waals surface area contributed by atoms with E-state index in [1.807, 2.05) is 54.8 Å². The van der Waals surface area contributed by atoms with Crippen LogP contribution in [0.15, 0.2) is 36.5 Å². The molecule has 3 rings (SSSR count). The van der Waals surface area contributed by atoms with Gasteiger partial charge in [0, 0.05) is 11.8 Å². The van der Waals surface area contributed by atoms with E-state index in [1.54, 1.807) is 14.2 Å². The molecular weight excluding hydrogens is 312 g/mol. The standard InChI is InChI=1S/C18H19ClN2O2/c1-11-7-8-21-16(9-11)20-17(18(21)12(2)19)14-10-13(22-3)5-6-15(14)23-4/h5-10,12H,1-4H3. The van der Waals surface area contributed by atoms with E-state index < -0.39 is 0 Å². The van der Waals surface area contributed by atoms with E-state index in [1.165, 1.54) is 0 Å². The molecule has 0 fully saturated rings. The van der Waals surface area contributed by atoms with Gasteiger partial charge in [0.15, 0.2) is 0 Å². The molecule has 1 aromatic carbocycles. The maximum atomic E-state index is 6.45. The van der Waals surface area contributed by atoms with E-state index >= 15 is 0 Å². The minimum absolute atomic E-state index is 0.196. The Morgan fingerprint density at radius 2 is 1.91 bits per heavy atom. The summed E-state index contributed by atoms with van der Waals surface area (Å²) in [7, 11) is 3.29. The normalized spacial score (nSPS) is 12.4. The molecule has 1 atom stereocenters. The van der Waals surface area contributed by atoms with Crippen molar-refractivity contribution in [3.05, 3.63) is 47.8 Å². The number of pyridine rings is 1. The predicted octanol–water partition coefficient (Wildman–Crippen LogP) is 4.63. The van der Waals surface area contributed by atoms with E-state index in [0.717, 1.165) is 39.7 Å². The van der Waals surface area contributed by atoms with Crippen LogP contribution < -0.4 is 9.47 Å². The smallest absolute Gasteiger partial charge is 0.137 e. The number of aromatic nitrogens is 2. The van der Waals surface area contributed by atoms with Crippen LogP contribution in [0.25, 0.3) is 16.9 Å². The van der Waals surface area contributed by atoms with Gasteiger partial charge in [0.2, 0.25) is 0 Å². The highest BCUT2D eigenvalue weighted by Gasteiger charge is 2.21. The van der Waals surface area contributed by atoms with Gasteiger partial charge in [-0.05, 0) is 49.7 Å². The second-order valence-electron chi connectivity index (χ2n) is 5.46. The number of hydrogen-bond donors (Lipinski definition) is 0. The quantitative estimate of drug-likeness (QED) is 0.654. The number of benzene rings is 1. The van der Waals surface area contributed by atoms with Gasteiger partial charge in [-0.1, -0.05) is 0 Å². The van der Waals surface area contributed by atoms with Crippen molar-refractivity contribution in [3.63, 3.8) is 0 Å². The first-order valence-corrected chi connectivity index (χ1v) is 7.84. The van der Waals surface area contributed by atoms with Gasteiger partial charge < -0.3 is 13.9 Å². The van der Waals surface area contributed by atoms with Crippen LogP contribution in [-0.2, 0) is 0 Å². The number of hydrogen-bond acceptors (Lipinski definition) is 3. The Bertz CT molecular complexity index is 856. The average molecular weight is 331 g/mol. The number of fused-ring (bicyclic) bond motifs is 1. The third-order valence-electron chi connectivity index (χ3n) is 3.86. The van der Waals surface area contributed by atoms with Crippen molar-refractivity contribution in [2.45, 2.75) is 19.2 Å². The molecule has 0 amide bonds. The fourth-order valence-electron chi connectivity index (χ4n) is 2.74. The molecule has 4 nitrogen and oxygen atoms in total. The highest BCUT2D eigenvalue weighted by molar-refractivity contribution is 6.20. The Balaban J connectivity index is 2.33. The molecule has 0 N–H and O–H groups in total. The third-order valence-corrected chi connectivity index (χ3v) is 4.06. The van der Waals surface area contributed by atoms with Crippen LogP contribution in [0.5, 0.6) is 11.5 Å². The molecular formula is C18H19ClN2O2. The molecule has 0 aliphatic rings. The molecule has 3 aromatic rings. The Hall–Kier alpha value is -2.20. The number of methoxy groups -OCH3 is 2. The molecule has 0 saturated heterocycles. The van der Waals surface area contributed by atoms with Crippen molar-refractivity contribution in [2.24, 2.45) is 0 Å². The summed E-state index contributed by atoms with van der Waals surface area (Å²) in [5, 5.41) is -0.196. The summed E-state index contributed by atoms with van der Waals surface area (Å²) in [6, 6.07) is 9.76. The Labute approximate surface area is 140 Å². The maximum Gasteiger partial charge on any atom is 0.137 e. The molecule has 0 radical (unpaired) electrons. The molecule has 0 spiro atoms. The first-order valence-electron chi connectivity index (χ1n) is 7.40. The SMILES string of the molecule is COc1ccc(OC)c(-c2nc3cc(C)ccn3c2C(C)Cl)c1. The molecule has 0 bridgehead atoms.